The Hall–Kier alpha value is -2.29. The Labute approximate surface area is 131 Å². The second-order valence-electron chi connectivity index (χ2n) is 6.23. The number of esters is 1. The highest BCUT2D eigenvalue weighted by Gasteiger charge is 2.21. The predicted molar refractivity (Wildman–Crippen MR) is 88.5 cm³/mol. The Morgan fingerprint density at radius 2 is 1.73 bits per heavy atom. The molecule has 3 heteroatoms. The van der Waals surface area contributed by atoms with E-state index in [0.29, 0.717) is 5.56 Å². The molecule has 0 fully saturated rings. The molecule has 0 saturated heterocycles. The Balaban J connectivity index is 2.62. The highest BCUT2D eigenvalue weighted by atomic mass is 16.5. The van der Waals surface area contributed by atoms with Gasteiger partial charge in [0.05, 0.1) is 19.8 Å². The number of ether oxygens (including phenoxy) is 2. The summed E-state index contributed by atoms with van der Waals surface area (Å²) in [6.07, 6.45) is 0. The average Bonchev–Trinajstić information content (AvgIpc) is 2.52. The summed E-state index contributed by atoms with van der Waals surface area (Å²) in [6.45, 7) is 6.40. The Morgan fingerprint density at radius 1 is 1.00 bits per heavy atom. The topological polar surface area (TPSA) is 35.5 Å². The van der Waals surface area contributed by atoms with E-state index in [4.69, 9.17) is 9.47 Å². The van der Waals surface area contributed by atoms with Crippen molar-refractivity contribution in [3.63, 3.8) is 0 Å². The SMILES string of the molecule is COC(=O)c1ccc(-c2cccc(OC)c2)c(C(C)(C)C)c1. The molecule has 2 rings (SSSR count). The van der Waals surface area contributed by atoms with E-state index in [0.717, 1.165) is 22.4 Å². The minimum atomic E-state index is -0.317. The zero-order valence-electron chi connectivity index (χ0n) is 13.8. The predicted octanol–water partition coefficient (Wildman–Crippen LogP) is 4.45. The number of rotatable bonds is 3. The fraction of sp³-hybridized carbons (Fsp3) is 0.316. The van der Waals surface area contributed by atoms with Gasteiger partial charge in [0, 0.05) is 0 Å². The molecule has 0 radical (unpaired) electrons. The van der Waals surface area contributed by atoms with Crippen LogP contribution in [-0.2, 0) is 10.2 Å². The molecule has 0 heterocycles. The van der Waals surface area contributed by atoms with Gasteiger partial charge in [-0.2, -0.15) is 0 Å². The number of benzene rings is 2. The van der Waals surface area contributed by atoms with Crippen LogP contribution in [0.2, 0.25) is 0 Å². The third-order valence-electron chi connectivity index (χ3n) is 3.63. The second-order valence-corrected chi connectivity index (χ2v) is 6.23. The van der Waals surface area contributed by atoms with Gasteiger partial charge in [0.15, 0.2) is 0 Å². The third kappa shape index (κ3) is 3.30. The number of methoxy groups -OCH3 is 2. The van der Waals surface area contributed by atoms with Gasteiger partial charge >= 0.3 is 5.97 Å². The first-order valence-corrected chi connectivity index (χ1v) is 7.24. The van der Waals surface area contributed by atoms with E-state index in [9.17, 15) is 4.79 Å². The number of carbonyl (C=O) groups excluding carboxylic acids is 1. The second kappa shape index (κ2) is 6.22. The third-order valence-corrected chi connectivity index (χ3v) is 3.63. The first-order chi connectivity index (χ1) is 10.4. The van der Waals surface area contributed by atoms with E-state index in [-0.39, 0.29) is 11.4 Å². The average molecular weight is 298 g/mol. The molecular formula is C19H22O3. The van der Waals surface area contributed by atoms with Crippen molar-refractivity contribution < 1.29 is 14.3 Å². The van der Waals surface area contributed by atoms with Crippen LogP contribution in [0.5, 0.6) is 5.75 Å². The van der Waals surface area contributed by atoms with Crippen LogP contribution >= 0.6 is 0 Å². The molecule has 0 unspecified atom stereocenters. The molecule has 0 aliphatic carbocycles. The van der Waals surface area contributed by atoms with Crippen LogP contribution in [0.15, 0.2) is 42.5 Å². The smallest absolute Gasteiger partial charge is 0.337 e. The molecular weight excluding hydrogens is 276 g/mol. The standard InChI is InChI=1S/C19H22O3/c1-19(2,3)17-12-14(18(20)22-5)9-10-16(17)13-7-6-8-15(11-13)21-4/h6-12H,1-5H3. The highest BCUT2D eigenvalue weighted by molar-refractivity contribution is 5.90. The Bertz CT molecular complexity index is 681. The van der Waals surface area contributed by atoms with Crippen LogP contribution in [0, 0.1) is 0 Å². The summed E-state index contributed by atoms with van der Waals surface area (Å²) >= 11 is 0. The van der Waals surface area contributed by atoms with Crippen molar-refractivity contribution in [2.24, 2.45) is 0 Å². The van der Waals surface area contributed by atoms with Gasteiger partial charge in [-0.25, -0.2) is 4.79 Å². The molecule has 2 aromatic carbocycles. The summed E-state index contributed by atoms with van der Waals surface area (Å²) in [4.78, 5) is 11.8. The van der Waals surface area contributed by atoms with Gasteiger partial charge < -0.3 is 9.47 Å². The van der Waals surface area contributed by atoms with Gasteiger partial charge in [-0.05, 0) is 46.4 Å². The number of hydrogen-bond donors (Lipinski definition) is 0. The molecule has 0 amide bonds. The van der Waals surface area contributed by atoms with E-state index >= 15 is 0 Å². The van der Waals surface area contributed by atoms with Crippen molar-refractivity contribution in [3.8, 4) is 16.9 Å². The van der Waals surface area contributed by atoms with E-state index in [1.54, 1.807) is 13.2 Å². The van der Waals surface area contributed by atoms with Crippen molar-refractivity contribution in [3.05, 3.63) is 53.6 Å². The molecule has 3 nitrogen and oxygen atoms in total. The van der Waals surface area contributed by atoms with Gasteiger partial charge in [0.1, 0.15) is 5.75 Å². The van der Waals surface area contributed by atoms with E-state index in [1.165, 1.54) is 7.11 Å². The summed E-state index contributed by atoms with van der Waals surface area (Å²) in [7, 11) is 3.05. The molecule has 0 bridgehead atoms. The molecule has 0 N–H and O–H groups in total. The number of hydrogen-bond acceptors (Lipinski definition) is 3. The van der Waals surface area contributed by atoms with Gasteiger partial charge in [-0.1, -0.05) is 39.0 Å². The van der Waals surface area contributed by atoms with E-state index in [2.05, 4.69) is 20.8 Å². The monoisotopic (exact) mass is 298 g/mol. The molecule has 0 aliphatic rings. The summed E-state index contributed by atoms with van der Waals surface area (Å²) in [5.74, 6) is 0.497. The van der Waals surface area contributed by atoms with Crippen LogP contribution in [0.1, 0.15) is 36.7 Å². The highest BCUT2D eigenvalue weighted by Crippen LogP contribution is 2.35. The van der Waals surface area contributed by atoms with Crippen molar-refractivity contribution in [2.75, 3.05) is 14.2 Å². The maximum atomic E-state index is 11.8. The molecule has 0 spiro atoms. The van der Waals surface area contributed by atoms with E-state index in [1.807, 2.05) is 36.4 Å². The van der Waals surface area contributed by atoms with Gasteiger partial charge in [0.25, 0.3) is 0 Å². The summed E-state index contributed by atoms with van der Waals surface area (Å²) in [5.41, 5.74) is 3.74. The van der Waals surface area contributed by atoms with Gasteiger partial charge in [-0.3, -0.25) is 0 Å². The zero-order chi connectivity index (χ0) is 16.3. The van der Waals surface area contributed by atoms with E-state index < -0.39 is 0 Å². The first-order valence-electron chi connectivity index (χ1n) is 7.24. The Morgan fingerprint density at radius 3 is 2.32 bits per heavy atom. The lowest BCUT2D eigenvalue weighted by atomic mass is 9.81. The summed E-state index contributed by atoms with van der Waals surface area (Å²) < 4.78 is 10.1. The lowest BCUT2D eigenvalue weighted by molar-refractivity contribution is 0.0600. The zero-order valence-corrected chi connectivity index (χ0v) is 13.8. The normalized spacial score (nSPS) is 11.1. The number of carbonyl (C=O) groups is 1. The molecule has 22 heavy (non-hydrogen) atoms. The van der Waals surface area contributed by atoms with Crippen molar-refractivity contribution in [2.45, 2.75) is 26.2 Å². The maximum absolute atomic E-state index is 11.8. The minimum Gasteiger partial charge on any atom is -0.497 e. The van der Waals surface area contributed by atoms with Crippen LogP contribution in [-0.4, -0.2) is 20.2 Å². The van der Waals surface area contributed by atoms with Crippen molar-refractivity contribution in [1.29, 1.82) is 0 Å². The maximum Gasteiger partial charge on any atom is 0.337 e. The summed E-state index contributed by atoms with van der Waals surface area (Å²) in [5, 5.41) is 0. The first kappa shape index (κ1) is 16.1. The van der Waals surface area contributed by atoms with Gasteiger partial charge in [0.2, 0.25) is 0 Å². The van der Waals surface area contributed by atoms with Gasteiger partial charge in [-0.15, -0.1) is 0 Å². The Kier molecular flexibility index (Phi) is 4.55. The lowest BCUT2D eigenvalue weighted by Crippen LogP contribution is -2.14. The van der Waals surface area contributed by atoms with Crippen molar-refractivity contribution >= 4 is 5.97 Å². The van der Waals surface area contributed by atoms with Crippen LogP contribution < -0.4 is 4.74 Å². The fourth-order valence-corrected chi connectivity index (χ4v) is 2.45. The molecule has 116 valence electrons. The molecule has 0 aromatic heterocycles. The summed E-state index contributed by atoms with van der Waals surface area (Å²) in [6, 6.07) is 13.6. The molecule has 0 aliphatic heterocycles. The van der Waals surface area contributed by atoms with Crippen LogP contribution in [0.25, 0.3) is 11.1 Å². The quantitative estimate of drug-likeness (QED) is 0.785. The molecule has 0 saturated carbocycles. The van der Waals surface area contributed by atoms with Crippen LogP contribution in [0.3, 0.4) is 0 Å². The largest absolute Gasteiger partial charge is 0.497 e. The van der Waals surface area contributed by atoms with Crippen LogP contribution in [0.4, 0.5) is 0 Å². The fourth-order valence-electron chi connectivity index (χ4n) is 2.45. The minimum absolute atomic E-state index is 0.0948. The molecule has 0 atom stereocenters. The molecule has 2 aromatic rings. The van der Waals surface area contributed by atoms with Crippen molar-refractivity contribution in [1.82, 2.24) is 0 Å². The lowest BCUT2D eigenvalue weighted by Gasteiger charge is -2.24.